The summed E-state index contributed by atoms with van der Waals surface area (Å²) in [6, 6.07) is 12.2. The second kappa shape index (κ2) is 5.20. The van der Waals surface area contributed by atoms with Crippen molar-refractivity contribution in [2.45, 2.75) is 20.0 Å². The molecule has 0 fully saturated rings. The lowest BCUT2D eigenvalue weighted by atomic mass is 10.1. The number of benzene rings is 1. The van der Waals surface area contributed by atoms with Gasteiger partial charge in [-0.3, -0.25) is 4.98 Å². The monoisotopic (exact) mass is 253 g/mol. The first-order valence-electron chi connectivity index (χ1n) is 6.28. The molecule has 19 heavy (non-hydrogen) atoms. The Bertz CT molecular complexity index is 685. The van der Waals surface area contributed by atoms with Crippen molar-refractivity contribution < 1.29 is 4.52 Å². The molecule has 4 heteroatoms. The zero-order chi connectivity index (χ0) is 13.1. The van der Waals surface area contributed by atoms with Crippen molar-refractivity contribution in [3.63, 3.8) is 0 Å². The number of para-hydroxylation sites is 1. The van der Waals surface area contributed by atoms with Crippen LogP contribution in [0.5, 0.6) is 0 Å². The van der Waals surface area contributed by atoms with E-state index in [0.29, 0.717) is 6.54 Å². The zero-order valence-corrected chi connectivity index (χ0v) is 10.8. The van der Waals surface area contributed by atoms with E-state index in [-0.39, 0.29) is 0 Å². The highest BCUT2D eigenvalue weighted by molar-refractivity contribution is 5.81. The topological polar surface area (TPSA) is 51.0 Å². The third kappa shape index (κ3) is 2.63. The van der Waals surface area contributed by atoms with E-state index in [4.69, 9.17) is 4.52 Å². The number of hydrogen-bond donors (Lipinski definition) is 1. The molecule has 2 heterocycles. The van der Waals surface area contributed by atoms with Gasteiger partial charge in [0.15, 0.2) is 0 Å². The molecule has 4 nitrogen and oxygen atoms in total. The Hall–Kier alpha value is -2.20. The molecule has 1 aromatic carbocycles. The number of aromatic nitrogens is 2. The van der Waals surface area contributed by atoms with E-state index in [1.54, 1.807) is 0 Å². The van der Waals surface area contributed by atoms with Crippen LogP contribution in [0.2, 0.25) is 0 Å². The van der Waals surface area contributed by atoms with Crippen LogP contribution in [0.15, 0.2) is 47.1 Å². The van der Waals surface area contributed by atoms with Gasteiger partial charge in [-0.2, -0.15) is 0 Å². The van der Waals surface area contributed by atoms with Crippen molar-refractivity contribution >= 4 is 10.9 Å². The number of aryl methyl sites for hydroxylation is 1. The maximum absolute atomic E-state index is 5.04. The molecule has 0 saturated heterocycles. The molecule has 0 aliphatic rings. The first-order valence-corrected chi connectivity index (χ1v) is 6.28. The fourth-order valence-electron chi connectivity index (χ4n) is 2.14. The molecule has 0 aliphatic heterocycles. The van der Waals surface area contributed by atoms with Crippen LogP contribution in [-0.4, -0.2) is 10.1 Å². The van der Waals surface area contributed by atoms with Crippen molar-refractivity contribution in [1.82, 2.24) is 15.5 Å². The van der Waals surface area contributed by atoms with Crippen molar-refractivity contribution in [2.75, 3.05) is 0 Å². The van der Waals surface area contributed by atoms with Gasteiger partial charge in [-0.05, 0) is 24.6 Å². The summed E-state index contributed by atoms with van der Waals surface area (Å²) < 4.78 is 5.04. The lowest BCUT2D eigenvalue weighted by Gasteiger charge is -2.06. The van der Waals surface area contributed by atoms with E-state index in [9.17, 15) is 0 Å². The summed E-state index contributed by atoms with van der Waals surface area (Å²) in [5, 5.41) is 8.52. The number of nitrogens with one attached hydrogen (secondary N) is 1. The smallest absolute Gasteiger partial charge is 0.133 e. The molecule has 0 amide bonds. The number of pyridine rings is 1. The fourth-order valence-corrected chi connectivity index (χ4v) is 2.14. The summed E-state index contributed by atoms with van der Waals surface area (Å²) >= 11 is 0. The summed E-state index contributed by atoms with van der Waals surface area (Å²) in [4.78, 5) is 4.36. The van der Waals surface area contributed by atoms with Crippen LogP contribution in [0.4, 0.5) is 0 Å². The van der Waals surface area contributed by atoms with Crippen LogP contribution in [0.25, 0.3) is 10.9 Å². The van der Waals surface area contributed by atoms with Crippen molar-refractivity contribution in [2.24, 2.45) is 0 Å². The molecule has 0 saturated carbocycles. The molecular weight excluding hydrogens is 238 g/mol. The predicted molar refractivity (Wildman–Crippen MR) is 73.5 cm³/mol. The Kier molecular flexibility index (Phi) is 3.25. The zero-order valence-electron chi connectivity index (χ0n) is 10.8. The summed E-state index contributed by atoms with van der Waals surface area (Å²) in [7, 11) is 0. The second-order valence-electron chi connectivity index (χ2n) is 4.52. The molecule has 3 rings (SSSR count). The standard InChI is InChI=1S/C15H15N3O/c1-11-8-13(18-19-11)10-16-9-12-6-7-17-15-5-3-2-4-14(12)15/h2-8,16H,9-10H2,1H3. The minimum Gasteiger partial charge on any atom is -0.361 e. The summed E-state index contributed by atoms with van der Waals surface area (Å²) in [6.45, 7) is 3.38. The molecule has 0 atom stereocenters. The molecular formula is C15H15N3O. The lowest BCUT2D eigenvalue weighted by Crippen LogP contribution is -2.13. The van der Waals surface area contributed by atoms with Gasteiger partial charge >= 0.3 is 0 Å². The largest absolute Gasteiger partial charge is 0.361 e. The molecule has 1 N–H and O–H groups in total. The highest BCUT2D eigenvalue weighted by atomic mass is 16.5. The van der Waals surface area contributed by atoms with E-state index in [0.717, 1.165) is 23.5 Å². The fraction of sp³-hybridized carbons (Fsp3) is 0.200. The Morgan fingerprint density at radius 2 is 2.05 bits per heavy atom. The Morgan fingerprint density at radius 3 is 2.89 bits per heavy atom. The third-order valence-electron chi connectivity index (χ3n) is 3.04. The van der Waals surface area contributed by atoms with E-state index in [1.165, 1.54) is 10.9 Å². The van der Waals surface area contributed by atoms with E-state index in [1.807, 2.05) is 43.5 Å². The molecule has 0 bridgehead atoms. The van der Waals surface area contributed by atoms with Crippen molar-refractivity contribution in [1.29, 1.82) is 0 Å². The Balaban J connectivity index is 1.71. The quantitative estimate of drug-likeness (QED) is 0.776. The van der Waals surface area contributed by atoms with Gasteiger partial charge in [-0.25, -0.2) is 0 Å². The lowest BCUT2D eigenvalue weighted by molar-refractivity contribution is 0.388. The SMILES string of the molecule is Cc1cc(CNCc2ccnc3ccccc23)no1. The average Bonchev–Trinajstić information content (AvgIpc) is 2.85. The maximum Gasteiger partial charge on any atom is 0.133 e. The predicted octanol–water partition coefficient (Wildman–Crippen LogP) is 2.82. The molecule has 0 radical (unpaired) electrons. The maximum atomic E-state index is 5.04. The highest BCUT2D eigenvalue weighted by Gasteiger charge is 2.02. The number of rotatable bonds is 4. The van der Waals surface area contributed by atoms with Gasteiger partial charge in [0.2, 0.25) is 0 Å². The van der Waals surface area contributed by atoms with Crippen LogP contribution < -0.4 is 5.32 Å². The normalized spacial score (nSPS) is 11.0. The first-order chi connectivity index (χ1) is 9.33. The highest BCUT2D eigenvalue weighted by Crippen LogP contribution is 2.15. The molecule has 0 aliphatic carbocycles. The van der Waals surface area contributed by atoms with Crippen molar-refractivity contribution in [3.8, 4) is 0 Å². The third-order valence-corrected chi connectivity index (χ3v) is 3.04. The van der Waals surface area contributed by atoms with Gasteiger partial charge < -0.3 is 9.84 Å². The van der Waals surface area contributed by atoms with Crippen molar-refractivity contribution in [3.05, 3.63) is 59.6 Å². The van der Waals surface area contributed by atoms with Gasteiger partial charge in [-0.15, -0.1) is 0 Å². The number of hydrogen-bond acceptors (Lipinski definition) is 4. The van der Waals surface area contributed by atoms with Crippen LogP contribution in [-0.2, 0) is 13.1 Å². The van der Waals surface area contributed by atoms with Gasteiger partial charge in [-0.1, -0.05) is 23.4 Å². The van der Waals surface area contributed by atoms with Crippen LogP contribution >= 0.6 is 0 Å². The van der Waals surface area contributed by atoms with E-state index in [2.05, 4.69) is 21.5 Å². The number of nitrogens with zero attached hydrogens (tertiary/aromatic N) is 2. The molecule has 2 aromatic heterocycles. The van der Waals surface area contributed by atoms with Gasteiger partial charge in [0.05, 0.1) is 11.2 Å². The van der Waals surface area contributed by atoms with Crippen LogP contribution in [0.3, 0.4) is 0 Å². The van der Waals surface area contributed by atoms with Gasteiger partial charge in [0, 0.05) is 30.7 Å². The summed E-state index contributed by atoms with van der Waals surface area (Å²) in [5.41, 5.74) is 3.20. The first kappa shape index (κ1) is 11.9. The summed E-state index contributed by atoms with van der Waals surface area (Å²) in [6.07, 6.45) is 1.85. The minimum atomic E-state index is 0.702. The molecule has 0 spiro atoms. The van der Waals surface area contributed by atoms with Crippen LogP contribution in [0, 0.1) is 6.92 Å². The molecule has 0 unspecified atom stereocenters. The average molecular weight is 253 g/mol. The second-order valence-corrected chi connectivity index (χ2v) is 4.52. The van der Waals surface area contributed by atoms with Gasteiger partial charge in [0.25, 0.3) is 0 Å². The van der Waals surface area contributed by atoms with Gasteiger partial charge in [0.1, 0.15) is 5.76 Å². The van der Waals surface area contributed by atoms with Crippen LogP contribution in [0.1, 0.15) is 17.0 Å². The molecule has 3 aromatic rings. The molecule has 96 valence electrons. The summed E-state index contributed by atoms with van der Waals surface area (Å²) in [5.74, 6) is 0.839. The van der Waals surface area contributed by atoms with E-state index < -0.39 is 0 Å². The number of fused-ring (bicyclic) bond motifs is 1. The van der Waals surface area contributed by atoms with E-state index >= 15 is 0 Å². The minimum absolute atomic E-state index is 0.702. The Morgan fingerprint density at radius 1 is 1.16 bits per heavy atom. The Labute approximate surface area is 111 Å².